The molecule has 0 aliphatic heterocycles. The van der Waals surface area contributed by atoms with Crippen LogP contribution < -0.4 is 0 Å². The van der Waals surface area contributed by atoms with Crippen LogP contribution in [0.3, 0.4) is 0 Å². The Kier molecular flexibility index (Phi) is 21.8. The summed E-state index contributed by atoms with van der Waals surface area (Å²) in [4.78, 5) is 0. The van der Waals surface area contributed by atoms with Crippen molar-refractivity contribution in [2.45, 2.75) is 0 Å². The summed E-state index contributed by atoms with van der Waals surface area (Å²) in [6.07, 6.45) is 4.08. The molecule has 1 radical (unpaired) electrons. The van der Waals surface area contributed by atoms with Gasteiger partial charge in [0.1, 0.15) is 0 Å². The molecule has 0 fully saturated rings. The van der Waals surface area contributed by atoms with E-state index in [1.54, 1.807) is 11.8 Å². The van der Waals surface area contributed by atoms with Crippen LogP contribution in [0.5, 0.6) is 0 Å². The molecule has 0 aliphatic rings. The number of thioether (sulfide) groups is 1. The van der Waals surface area contributed by atoms with Crippen LogP contribution in [0.2, 0.25) is 0 Å². The van der Waals surface area contributed by atoms with Crippen molar-refractivity contribution in [1.82, 2.24) is 0 Å². The molecule has 0 saturated carbocycles. The maximum absolute atomic E-state index is 2.04. The summed E-state index contributed by atoms with van der Waals surface area (Å²) in [5, 5.41) is 0. The molecule has 0 atom stereocenters. The summed E-state index contributed by atoms with van der Waals surface area (Å²) < 4.78 is 0. The average molecular weight is 195 g/mol. The first-order valence-electron chi connectivity index (χ1n) is 0.816. The van der Waals surface area contributed by atoms with Gasteiger partial charge in [0.25, 0.3) is 0 Å². The van der Waals surface area contributed by atoms with E-state index in [1.165, 1.54) is 0 Å². The molecule has 21 valence electrons. The molecule has 0 aromatic rings. The quantitative estimate of drug-likeness (QED) is 0.545. The molecule has 0 saturated heterocycles. The standard InChI is InChI=1S/C2H6S.Cs/c1-3-2;/h1-2H3;. The van der Waals surface area contributed by atoms with Crippen LogP contribution in [0.25, 0.3) is 0 Å². The van der Waals surface area contributed by atoms with Crippen LogP contribution in [0.1, 0.15) is 0 Å². The van der Waals surface area contributed by atoms with Crippen molar-refractivity contribution in [3.63, 3.8) is 0 Å². The Morgan fingerprint density at radius 1 is 1.25 bits per heavy atom. The van der Waals surface area contributed by atoms with E-state index in [0.29, 0.717) is 0 Å². The zero-order valence-corrected chi connectivity index (χ0v) is 10.5. The molecular formula is C2H6CsS. The van der Waals surface area contributed by atoms with Crippen LogP contribution in [-0.2, 0) is 0 Å². The fourth-order valence-corrected chi connectivity index (χ4v) is 0. The van der Waals surface area contributed by atoms with E-state index in [0.717, 1.165) is 0 Å². The molecule has 4 heavy (non-hydrogen) atoms. The van der Waals surface area contributed by atoms with Crippen molar-refractivity contribution in [2.75, 3.05) is 12.5 Å². The average Bonchev–Trinajstić information content (AvgIpc) is 0.918. The third-order valence-corrected chi connectivity index (χ3v) is 0. The van der Waals surface area contributed by atoms with Crippen molar-refractivity contribution in [1.29, 1.82) is 0 Å². The van der Waals surface area contributed by atoms with E-state index < -0.39 is 0 Å². The van der Waals surface area contributed by atoms with Crippen LogP contribution in [-0.4, -0.2) is 81.4 Å². The predicted molar refractivity (Wildman–Crippen MR) is 25.2 cm³/mol. The van der Waals surface area contributed by atoms with Gasteiger partial charge in [-0.1, -0.05) is 0 Å². The molecule has 0 rings (SSSR count). The minimum Gasteiger partial charge on any atom is -0.169 e. The monoisotopic (exact) mass is 195 g/mol. The molecule has 0 unspecified atom stereocenters. The van der Waals surface area contributed by atoms with Crippen LogP contribution in [0.15, 0.2) is 0 Å². The second-order valence-corrected chi connectivity index (χ2v) is 1.22. The van der Waals surface area contributed by atoms with Crippen molar-refractivity contribution in [2.24, 2.45) is 0 Å². The summed E-state index contributed by atoms with van der Waals surface area (Å²) >= 11 is 1.75. The topological polar surface area (TPSA) is 0 Å². The van der Waals surface area contributed by atoms with E-state index in [1.807, 2.05) is 12.5 Å². The molecule has 0 heterocycles. The van der Waals surface area contributed by atoms with Crippen molar-refractivity contribution >= 4 is 80.7 Å². The maximum Gasteiger partial charge on any atom is 0 e. The molecule has 0 aromatic carbocycles. The van der Waals surface area contributed by atoms with Gasteiger partial charge in [-0.25, -0.2) is 0 Å². The Balaban J connectivity index is 0. The molecule has 0 spiro atoms. The van der Waals surface area contributed by atoms with Gasteiger partial charge in [0.05, 0.1) is 0 Å². The Bertz CT molecular complexity index is 6.00. The van der Waals surface area contributed by atoms with Gasteiger partial charge in [0.2, 0.25) is 0 Å². The van der Waals surface area contributed by atoms with E-state index in [9.17, 15) is 0 Å². The Morgan fingerprint density at radius 2 is 1.25 bits per heavy atom. The first kappa shape index (κ1) is 9.64. The number of rotatable bonds is 0. The molecule has 0 aliphatic carbocycles. The first-order chi connectivity index (χ1) is 1.41. The zero-order valence-electron chi connectivity index (χ0n) is 3.41. The smallest absolute Gasteiger partial charge is 0 e. The SMILES string of the molecule is CSC.[Cs]. The predicted octanol–water partition coefficient (Wildman–Crippen LogP) is 0.598. The van der Waals surface area contributed by atoms with Gasteiger partial charge in [-0.2, -0.15) is 11.8 Å². The summed E-state index contributed by atoms with van der Waals surface area (Å²) in [6, 6.07) is 0. The van der Waals surface area contributed by atoms with E-state index >= 15 is 0 Å². The van der Waals surface area contributed by atoms with Gasteiger partial charge in [-0.3, -0.25) is 0 Å². The van der Waals surface area contributed by atoms with Crippen LogP contribution >= 0.6 is 11.8 Å². The number of hydrogen-bond acceptors (Lipinski definition) is 1. The Morgan fingerprint density at radius 3 is 1.25 bits per heavy atom. The second kappa shape index (κ2) is 9.04. The summed E-state index contributed by atoms with van der Waals surface area (Å²) in [6.45, 7) is 0. The molecule has 0 amide bonds. The zero-order chi connectivity index (χ0) is 2.71. The Labute approximate surface area is 90.5 Å². The van der Waals surface area contributed by atoms with Crippen molar-refractivity contribution in [3.8, 4) is 0 Å². The molecule has 0 N–H and O–H groups in total. The van der Waals surface area contributed by atoms with Gasteiger partial charge < -0.3 is 0 Å². The summed E-state index contributed by atoms with van der Waals surface area (Å²) in [5.74, 6) is 0. The van der Waals surface area contributed by atoms with Gasteiger partial charge >= 0.3 is 0 Å². The largest absolute Gasteiger partial charge is 0.169 e. The molecule has 0 aromatic heterocycles. The van der Waals surface area contributed by atoms with Gasteiger partial charge in [0, 0.05) is 68.9 Å². The van der Waals surface area contributed by atoms with Crippen LogP contribution in [0.4, 0.5) is 0 Å². The third-order valence-electron chi connectivity index (χ3n) is 0. The summed E-state index contributed by atoms with van der Waals surface area (Å²) in [7, 11) is 0. The van der Waals surface area contributed by atoms with E-state index in [2.05, 4.69) is 0 Å². The summed E-state index contributed by atoms with van der Waals surface area (Å²) in [5.41, 5.74) is 0. The number of hydrogen-bond donors (Lipinski definition) is 0. The molecule has 0 nitrogen and oxygen atoms in total. The molecular weight excluding hydrogens is 189 g/mol. The third kappa shape index (κ3) is 8.83. The van der Waals surface area contributed by atoms with E-state index in [-0.39, 0.29) is 68.9 Å². The minimum absolute atomic E-state index is 0. The normalized spacial score (nSPS) is 4.50. The molecule has 2 heteroatoms. The van der Waals surface area contributed by atoms with Gasteiger partial charge in [-0.15, -0.1) is 0 Å². The van der Waals surface area contributed by atoms with Crippen molar-refractivity contribution in [3.05, 3.63) is 0 Å². The maximum atomic E-state index is 2.04. The van der Waals surface area contributed by atoms with Crippen molar-refractivity contribution < 1.29 is 0 Å². The van der Waals surface area contributed by atoms with Gasteiger partial charge in [0.15, 0.2) is 0 Å². The first-order valence-corrected chi connectivity index (χ1v) is 2.45. The van der Waals surface area contributed by atoms with Crippen LogP contribution in [0, 0.1) is 0 Å². The fraction of sp³-hybridized carbons (Fsp3) is 1.00. The molecule has 0 bridgehead atoms. The van der Waals surface area contributed by atoms with Gasteiger partial charge in [-0.05, 0) is 12.5 Å². The second-order valence-electron chi connectivity index (χ2n) is 0.408. The minimum atomic E-state index is 0. The fourth-order valence-electron chi connectivity index (χ4n) is 0. The van der Waals surface area contributed by atoms with E-state index in [4.69, 9.17) is 0 Å². The Hall–Kier alpha value is 2.40.